The number of rotatable bonds is 15. The summed E-state index contributed by atoms with van der Waals surface area (Å²) in [5.74, 6) is -1.21. The number of carbonyl (C=O) groups excluding carboxylic acids is 1. The fraction of sp³-hybridized carbons (Fsp3) is 0.462. The third-order valence-electron chi connectivity index (χ3n) is 6.07. The van der Waals surface area contributed by atoms with Gasteiger partial charge in [0, 0.05) is 6.54 Å². The van der Waals surface area contributed by atoms with Crippen LogP contribution in [0.1, 0.15) is 31.9 Å². The van der Waals surface area contributed by atoms with Gasteiger partial charge in [-0.05, 0) is 29.3 Å². The molecule has 210 valence electrons. The summed E-state index contributed by atoms with van der Waals surface area (Å²) in [5.41, 5.74) is 1.48. The standard InChI is InChI=1S/C26H38NO9PSi/c1-26(2,3)38(4,5)36-17-16-27(18-24(28)29)25(30)32-21-35-37(31,33-19-22-12-8-6-9-13-22)34-20-23-14-10-7-11-15-23/h6-15H,16-21H2,1-5H3,(H,28,29). The summed E-state index contributed by atoms with van der Waals surface area (Å²) in [5, 5.41) is 9.19. The number of carboxylic acid groups (broad SMARTS) is 1. The number of phosphoric ester groups is 1. The Bertz CT molecular complexity index is 1010. The lowest BCUT2D eigenvalue weighted by atomic mass is 10.2. The first-order valence-electron chi connectivity index (χ1n) is 12.2. The highest BCUT2D eigenvalue weighted by Crippen LogP contribution is 2.51. The molecule has 0 bridgehead atoms. The second-order valence-electron chi connectivity index (χ2n) is 10.0. The molecule has 1 amide bonds. The van der Waals surface area contributed by atoms with Crippen LogP contribution in [0.3, 0.4) is 0 Å². The van der Waals surface area contributed by atoms with Crippen LogP contribution in [0.25, 0.3) is 0 Å². The summed E-state index contributed by atoms with van der Waals surface area (Å²) in [6.45, 7) is 9.04. The lowest BCUT2D eigenvalue weighted by molar-refractivity contribution is -0.138. The van der Waals surface area contributed by atoms with E-state index in [4.69, 9.17) is 22.7 Å². The molecule has 2 rings (SSSR count). The van der Waals surface area contributed by atoms with E-state index in [9.17, 15) is 19.3 Å². The summed E-state index contributed by atoms with van der Waals surface area (Å²) in [6.07, 6.45) is -0.955. The molecule has 1 N–H and O–H groups in total. The average Bonchev–Trinajstić information content (AvgIpc) is 2.86. The molecule has 2 aromatic carbocycles. The van der Waals surface area contributed by atoms with Crippen LogP contribution >= 0.6 is 7.82 Å². The molecule has 0 atom stereocenters. The second kappa shape index (κ2) is 14.6. The minimum absolute atomic E-state index is 0.00428. The van der Waals surface area contributed by atoms with E-state index in [0.717, 1.165) is 16.0 Å². The van der Waals surface area contributed by atoms with Crippen molar-refractivity contribution in [3.63, 3.8) is 0 Å². The first kappa shape index (κ1) is 31.7. The van der Waals surface area contributed by atoms with Crippen LogP contribution in [0, 0.1) is 0 Å². The third-order valence-corrected chi connectivity index (χ3v) is 11.9. The van der Waals surface area contributed by atoms with Gasteiger partial charge in [-0.1, -0.05) is 81.4 Å². The van der Waals surface area contributed by atoms with Crippen molar-refractivity contribution in [1.82, 2.24) is 4.90 Å². The van der Waals surface area contributed by atoms with Gasteiger partial charge in [-0.3, -0.25) is 18.7 Å². The van der Waals surface area contributed by atoms with E-state index in [1.165, 1.54) is 0 Å². The molecule has 2 aromatic rings. The van der Waals surface area contributed by atoms with Gasteiger partial charge in [0.1, 0.15) is 6.54 Å². The fourth-order valence-electron chi connectivity index (χ4n) is 2.83. The zero-order valence-electron chi connectivity index (χ0n) is 22.6. The van der Waals surface area contributed by atoms with Gasteiger partial charge in [-0.15, -0.1) is 0 Å². The lowest BCUT2D eigenvalue weighted by Gasteiger charge is -2.36. The normalized spacial score (nSPS) is 12.2. The van der Waals surface area contributed by atoms with Crippen LogP contribution in [-0.2, 0) is 45.3 Å². The van der Waals surface area contributed by atoms with E-state index in [1.807, 2.05) is 36.4 Å². The van der Waals surface area contributed by atoms with Gasteiger partial charge in [-0.25, -0.2) is 13.9 Å². The molecule has 0 aliphatic rings. The first-order valence-corrected chi connectivity index (χ1v) is 16.6. The number of amides is 1. The van der Waals surface area contributed by atoms with Crippen LogP contribution in [0.5, 0.6) is 0 Å². The van der Waals surface area contributed by atoms with Gasteiger partial charge < -0.3 is 14.3 Å². The van der Waals surface area contributed by atoms with E-state index in [0.29, 0.717) is 0 Å². The van der Waals surface area contributed by atoms with E-state index in [-0.39, 0.29) is 31.4 Å². The molecule has 38 heavy (non-hydrogen) atoms. The van der Waals surface area contributed by atoms with Crippen molar-refractivity contribution < 1.29 is 42.0 Å². The highest BCUT2D eigenvalue weighted by molar-refractivity contribution is 7.48. The minimum Gasteiger partial charge on any atom is -0.480 e. The monoisotopic (exact) mass is 567 g/mol. The maximum absolute atomic E-state index is 13.3. The predicted molar refractivity (Wildman–Crippen MR) is 145 cm³/mol. The number of carbonyl (C=O) groups is 2. The lowest BCUT2D eigenvalue weighted by Crippen LogP contribution is -2.44. The van der Waals surface area contributed by atoms with Gasteiger partial charge in [0.2, 0.25) is 6.79 Å². The molecule has 0 aromatic heterocycles. The zero-order chi connectivity index (χ0) is 28.2. The van der Waals surface area contributed by atoms with Crippen molar-refractivity contribution in [2.24, 2.45) is 0 Å². The van der Waals surface area contributed by atoms with Crippen molar-refractivity contribution in [3.8, 4) is 0 Å². The maximum Gasteiger partial charge on any atom is 0.478 e. The van der Waals surface area contributed by atoms with Crippen molar-refractivity contribution in [2.75, 3.05) is 26.5 Å². The average molecular weight is 568 g/mol. The molecule has 0 radical (unpaired) electrons. The molecular formula is C26H38NO9PSi. The van der Waals surface area contributed by atoms with Crippen LogP contribution < -0.4 is 0 Å². The first-order chi connectivity index (χ1) is 17.8. The molecule has 0 saturated heterocycles. The molecule has 0 aliphatic heterocycles. The Morgan fingerprint density at radius 1 is 0.895 bits per heavy atom. The largest absolute Gasteiger partial charge is 0.480 e. The number of ether oxygens (including phenoxy) is 1. The number of hydrogen-bond donors (Lipinski definition) is 1. The van der Waals surface area contributed by atoms with Crippen molar-refractivity contribution >= 4 is 28.2 Å². The van der Waals surface area contributed by atoms with Crippen LogP contribution in [0.2, 0.25) is 18.1 Å². The molecule has 12 heteroatoms. The SMILES string of the molecule is CC(C)(C)[Si](C)(C)OCCN(CC(=O)O)C(=O)OCOP(=O)(OCc1ccccc1)OCc1ccccc1. The van der Waals surface area contributed by atoms with Crippen molar-refractivity contribution in [2.45, 2.75) is 52.1 Å². The molecule has 0 aliphatic carbocycles. The van der Waals surface area contributed by atoms with Gasteiger partial charge >= 0.3 is 19.9 Å². The Morgan fingerprint density at radius 2 is 1.39 bits per heavy atom. The van der Waals surface area contributed by atoms with E-state index in [1.54, 1.807) is 24.3 Å². The highest BCUT2D eigenvalue weighted by atomic mass is 31.2. The number of benzene rings is 2. The molecule has 0 fully saturated rings. The van der Waals surface area contributed by atoms with Gasteiger partial charge in [0.15, 0.2) is 8.32 Å². The fourth-order valence-corrected chi connectivity index (χ4v) is 4.88. The van der Waals surface area contributed by atoms with E-state index < -0.39 is 41.5 Å². The minimum atomic E-state index is -4.16. The summed E-state index contributed by atoms with van der Waals surface area (Å²) >= 11 is 0. The quantitative estimate of drug-likeness (QED) is 0.156. The number of phosphoric acid groups is 1. The predicted octanol–water partition coefficient (Wildman–Crippen LogP) is 6.05. The van der Waals surface area contributed by atoms with Crippen LogP contribution in [0.15, 0.2) is 60.7 Å². The Labute approximate surface area is 225 Å². The van der Waals surface area contributed by atoms with Crippen LogP contribution in [0.4, 0.5) is 4.79 Å². The van der Waals surface area contributed by atoms with Gasteiger partial charge in [0.25, 0.3) is 0 Å². The van der Waals surface area contributed by atoms with E-state index >= 15 is 0 Å². The number of carboxylic acids is 1. The molecule has 0 unspecified atom stereocenters. The summed E-state index contributed by atoms with van der Waals surface area (Å²) in [6, 6.07) is 18.1. The zero-order valence-corrected chi connectivity index (χ0v) is 24.5. The molecule has 0 spiro atoms. The van der Waals surface area contributed by atoms with E-state index in [2.05, 4.69) is 33.9 Å². The smallest absolute Gasteiger partial charge is 0.478 e. The molecule has 10 nitrogen and oxygen atoms in total. The number of aliphatic carboxylic acids is 1. The Kier molecular flexibility index (Phi) is 12.2. The Morgan fingerprint density at radius 3 is 1.84 bits per heavy atom. The van der Waals surface area contributed by atoms with Crippen molar-refractivity contribution in [1.29, 1.82) is 0 Å². The highest BCUT2D eigenvalue weighted by Gasteiger charge is 2.37. The number of nitrogens with zero attached hydrogens (tertiary/aromatic N) is 1. The topological polar surface area (TPSA) is 121 Å². The molecular weight excluding hydrogens is 529 g/mol. The second-order valence-corrected chi connectivity index (χ2v) is 16.5. The summed E-state index contributed by atoms with van der Waals surface area (Å²) in [4.78, 5) is 24.9. The summed E-state index contributed by atoms with van der Waals surface area (Å²) in [7, 11) is -6.25. The van der Waals surface area contributed by atoms with Crippen molar-refractivity contribution in [3.05, 3.63) is 71.8 Å². The third kappa shape index (κ3) is 11.1. The van der Waals surface area contributed by atoms with Gasteiger partial charge in [0.05, 0.1) is 19.8 Å². The Balaban J connectivity index is 1.98. The molecule has 0 heterocycles. The maximum atomic E-state index is 13.3. The van der Waals surface area contributed by atoms with Crippen LogP contribution in [-0.4, -0.2) is 56.9 Å². The number of hydrogen-bond acceptors (Lipinski definition) is 8. The van der Waals surface area contributed by atoms with Gasteiger partial charge in [-0.2, -0.15) is 0 Å². The Hall–Kier alpha value is -2.53. The summed E-state index contributed by atoms with van der Waals surface area (Å²) < 4.78 is 40.6. The molecule has 0 saturated carbocycles.